The van der Waals surface area contributed by atoms with Crippen LogP contribution in [-0.4, -0.2) is 14.5 Å². The summed E-state index contributed by atoms with van der Waals surface area (Å²) in [5, 5.41) is 3.39. The minimum absolute atomic E-state index is 0.245. The van der Waals surface area contributed by atoms with Crippen LogP contribution in [0.25, 0.3) is 72.2 Å². The number of nitrogens with zero attached hydrogens (tertiary/aromatic N) is 4. The van der Waals surface area contributed by atoms with E-state index in [9.17, 15) is 0 Å². The first kappa shape index (κ1) is 35.5. The highest BCUT2D eigenvalue weighted by Gasteiger charge is 2.52. The second kappa shape index (κ2) is 12.7. The topological polar surface area (TPSA) is 34.0 Å². The molecule has 1 spiro atoms. The van der Waals surface area contributed by atoms with Gasteiger partial charge in [-0.05, 0) is 98.1 Å². The van der Waals surface area contributed by atoms with Crippen LogP contribution in [0.3, 0.4) is 0 Å². The molecule has 4 heteroatoms. The standard InChI is InChI=1S/C60H40N4/c1-59(2)47-30-14-17-34-52(47)63(37-19-4-3-5-20-37)56-49(59)35-36-53-55(56)42-25-10-16-33-51(42)64(53)58-41-24-9-15-32-50(41)61-57(62-58)43-26-18-31-48-54(43)40-23-8-13-29-46(40)60(48)44-27-11-6-21-38(44)39-22-7-12-28-45(39)60/h3-36H,1-2H3. The molecule has 64 heavy (non-hydrogen) atoms. The number of anilines is 3. The lowest BCUT2D eigenvalue weighted by molar-refractivity contribution is 0.633. The van der Waals surface area contributed by atoms with Gasteiger partial charge in [0, 0.05) is 32.8 Å². The molecule has 0 unspecified atom stereocenters. The Balaban J connectivity index is 1.07. The summed E-state index contributed by atoms with van der Waals surface area (Å²) < 4.78 is 2.40. The number of hydrogen-bond acceptors (Lipinski definition) is 3. The number of hydrogen-bond donors (Lipinski definition) is 0. The molecule has 300 valence electrons. The molecule has 2 aromatic heterocycles. The highest BCUT2D eigenvalue weighted by molar-refractivity contribution is 6.19. The Hall–Kier alpha value is -8.08. The molecule has 0 saturated heterocycles. The van der Waals surface area contributed by atoms with Crippen molar-refractivity contribution >= 4 is 49.8 Å². The Morgan fingerprint density at radius 3 is 1.75 bits per heavy atom. The molecule has 0 atom stereocenters. The highest BCUT2D eigenvalue weighted by Crippen LogP contribution is 2.64. The van der Waals surface area contributed by atoms with Crippen LogP contribution in [-0.2, 0) is 10.8 Å². The van der Waals surface area contributed by atoms with E-state index >= 15 is 0 Å². The number of para-hydroxylation sites is 4. The quantitative estimate of drug-likeness (QED) is 0.178. The molecule has 0 saturated carbocycles. The van der Waals surface area contributed by atoms with Crippen molar-refractivity contribution in [2.45, 2.75) is 24.7 Å². The van der Waals surface area contributed by atoms with Crippen molar-refractivity contribution in [3.8, 4) is 39.5 Å². The monoisotopic (exact) mass is 816 g/mol. The molecular weight excluding hydrogens is 777 g/mol. The summed E-state index contributed by atoms with van der Waals surface area (Å²) in [5.41, 5.74) is 19.8. The van der Waals surface area contributed by atoms with E-state index in [1.807, 2.05) is 0 Å². The van der Waals surface area contributed by atoms with Crippen molar-refractivity contribution in [2.24, 2.45) is 0 Å². The number of fused-ring (bicyclic) bond motifs is 17. The van der Waals surface area contributed by atoms with Crippen molar-refractivity contribution in [3.05, 3.63) is 240 Å². The van der Waals surface area contributed by atoms with E-state index in [0.29, 0.717) is 5.82 Å². The van der Waals surface area contributed by atoms with E-state index in [4.69, 9.17) is 9.97 Å². The van der Waals surface area contributed by atoms with E-state index in [-0.39, 0.29) is 5.41 Å². The van der Waals surface area contributed by atoms with Gasteiger partial charge in [-0.1, -0.05) is 178 Å². The summed E-state index contributed by atoms with van der Waals surface area (Å²) in [5.74, 6) is 1.57. The van der Waals surface area contributed by atoms with Crippen LogP contribution in [0.4, 0.5) is 17.1 Å². The third kappa shape index (κ3) is 4.42. The largest absolute Gasteiger partial charge is 0.309 e. The van der Waals surface area contributed by atoms with Gasteiger partial charge in [-0.3, -0.25) is 4.57 Å². The Bertz CT molecular complexity index is 3740. The molecule has 9 aromatic carbocycles. The van der Waals surface area contributed by atoms with Gasteiger partial charge >= 0.3 is 0 Å². The van der Waals surface area contributed by atoms with Crippen LogP contribution >= 0.6 is 0 Å². The molecule has 3 heterocycles. The normalized spacial score (nSPS) is 14.6. The number of benzene rings is 9. The average molecular weight is 817 g/mol. The second-order valence-electron chi connectivity index (χ2n) is 18.0. The Morgan fingerprint density at radius 1 is 0.406 bits per heavy atom. The Labute approximate surface area is 371 Å². The maximum absolute atomic E-state index is 5.76. The summed E-state index contributed by atoms with van der Waals surface area (Å²) in [4.78, 5) is 13.7. The molecule has 2 aliphatic carbocycles. The predicted molar refractivity (Wildman–Crippen MR) is 262 cm³/mol. The highest BCUT2D eigenvalue weighted by atomic mass is 15.2. The summed E-state index contributed by atoms with van der Waals surface area (Å²) >= 11 is 0. The summed E-state index contributed by atoms with van der Waals surface area (Å²) in [6.07, 6.45) is 0. The van der Waals surface area contributed by atoms with Gasteiger partial charge in [0.15, 0.2) is 5.82 Å². The first-order chi connectivity index (χ1) is 31.5. The van der Waals surface area contributed by atoms with Gasteiger partial charge in [0.05, 0.1) is 33.3 Å². The maximum atomic E-state index is 5.76. The van der Waals surface area contributed by atoms with Crippen LogP contribution in [0, 0.1) is 0 Å². The second-order valence-corrected chi connectivity index (χ2v) is 18.0. The smallest absolute Gasteiger partial charge is 0.162 e. The minimum atomic E-state index is -0.461. The van der Waals surface area contributed by atoms with Gasteiger partial charge in [0.25, 0.3) is 0 Å². The van der Waals surface area contributed by atoms with Crippen molar-refractivity contribution in [2.75, 3.05) is 4.90 Å². The van der Waals surface area contributed by atoms with Crippen molar-refractivity contribution in [1.82, 2.24) is 14.5 Å². The first-order valence-corrected chi connectivity index (χ1v) is 22.3. The number of aromatic nitrogens is 3. The number of rotatable bonds is 3. The zero-order valence-corrected chi connectivity index (χ0v) is 35.4. The molecule has 4 nitrogen and oxygen atoms in total. The van der Waals surface area contributed by atoms with E-state index in [1.54, 1.807) is 0 Å². The molecule has 11 aromatic rings. The van der Waals surface area contributed by atoms with E-state index in [0.717, 1.165) is 39.0 Å². The minimum Gasteiger partial charge on any atom is -0.309 e. The molecule has 1 aliphatic heterocycles. The molecule has 0 amide bonds. The average Bonchev–Trinajstić information content (AvgIpc) is 3.96. The van der Waals surface area contributed by atoms with Crippen molar-refractivity contribution < 1.29 is 0 Å². The van der Waals surface area contributed by atoms with Gasteiger partial charge in [-0.25, -0.2) is 9.97 Å². The first-order valence-electron chi connectivity index (χ1n) is 22.3. The van der Waals surface area contributed by atoms with Gasteiger partial charge < -0.3 is 4.90 Å². The van der Waals surface area contributed by atoms with E-state index in [1.165, 1.54) is 77.8 Å². The van der Waals surface area contributed by atoms with Crippen LogP contribution in [0.15, 0.2) is 206 Å². The Morgan fingerprint density at radius 2 is 0.984 bits per heavy atom. The molecule has 3 aliphatic rings. The fraction of sp³-hybridized carbons (Fsp3) is 0.0667. The van der Waals surface area contributed by atoms with E-state index < -0.39 is 5.41 Å². The van der Waals surface area contributed by atoms with Crippen LogP contribution in [0.5, 0.6) is 0 Å². The lowest BCUT2D eigenvalue weighted by Gasteiger charge is -2.42. The van der Waals surface area contributed by atoms with Gasteiger partial charge in [0.1, 0.15) is 5.82 Å². The summed E-state index contributed by atoms with van der Waals surface area (Å²) in [7, 11) is 0. The molecule has 0 radical (unpaired) electrons. The molecular formula is C60H40N4. The maximum Gasteiger partial charge on any atom is 0.162 e. The molecule has 0 bridgehead atoms. The van der Waals surface area contributed by atoms with Crippen molar-refractivity contribution in [1.29, 1.82) is 0 Å². The third-order valence-electron chi connectivity index (χ3n) is 14.6. The third-order valence-corrected chi connectivity index (χ3v) is 14.6. The summed E-state index contributed by atoms with van der Waals surface area (Å²) in [6.45, 7) is 4.73. The molecule has 0 fully saturated rings. The van der Waals surface area contributed by atoms with Crippen LogP contribution < -0.4 is 4.90 Å². The SMILES string of the molecule is CC1(C)c2ccccc2N(c2ccccc2)c2c1ccc1c2c2ccccc2n1-c1nc(-c2cccc3c2-c2ccccc2C32c3ccccc3-c3ccccc32)nc2ccccc12. The zero-order chi connectivity index (χ0) is 42.3. The lowest BCUT2D eigenvalue weighted by Crippen LogP contribution is -2.30. The van der Waals surface area contributed by atoms with Crippen molar-refractivity contribution in [3.63, 3.8) is 0 Å². The fourth-order valence-corrected chi connectivity index (χ4v) is 12.0. The van der Waals surface area contributed by atoms with Gasteiger partial charge in [0.2, 0.25) is 0 Å². The fourth-order valence-electron chi connectivity index (χ4n) is 12.0. The molecule has 0 N–H and O–H groups in total. The predicted octanol–water partition coefficient (Wildman–Crippen LogP) is 14.8. The lowest BCUT2D eigenvalue weighted by atomic mass is 9.70. The summed E-state index contributed by atoms with van der Waals surface area (Å²) in [6, 6.07) is 75.5. The Kier molecular flexibility index (Phi) is 7.07. The van der Waals surface area contributed by atoms with Gasteiger partial charge in [-0.15, -0.1) is 0 Å². The van der Waals surface area contributed by atoms with Gasteiger partial charge in [-0.2, -0.15) is 0 Å². The van der Waals surface area contributed by atoms with Crippen LogP contribution in [0.2, 0.25) is 0 Å². The van der Waals surface area contributed by atoms with E-state index in [2.05, 4.69) is 230 Å². The van der Waals surface area contributed by atoms with Crippen LogP contribution in [0.1, 0.15) is 47.2 Å². The zero-order valence-electron chi connectivity index (χ0n) is 35.4. The molecule has 14 rings (SSSR count).